The average molecular weight is 525 g/mol. The lowest BCUT2D eigenvalue weighted by atomic mass is 9.92. The number of aryl methyl sites for hydroxylation is 1. The largest absolute Gasteiger partial charge is 0.490 e. The van der Waals surface area contributed by atoms with Crippen molar-refractivity contribution >= 4 is 11.5 Å². The topological polar surface area (TPSA) is 40.6 Å². The first-order valence-electron chi connectivity index (χ1n) is 13.4. The number of anilines is 2. The summed E-state index contributed by atoms with van der Waals surface area (Å²) in [4.78, 5) is 9.09. The van der Waals surface area contributed by atoms with E-state index in [4.69, 9.17) is 4.74 Å². The summed E-state index contributed by atoms with van der Waals surface area (Å²) < 4.78 is 44.8. The van der Waals surface area contributed by atoms with Crippen LogP contribution in [-0.2, 0) is 12.7 Å². The second-order valence-corrected chi connectivity index (χ2v) is 10.4. The smallest absolute Gasteiger partial charge is 0.416 e. The maximum atomic E-state index is 12.8. The van der Waals surface area contributed by atoms with Gasteiger partial charge in [0.05, 0.1) is 11.7 Å². The fourth-order valence-corrected chi connectivity index (χ4v) is 5.24. The third-order valence-corrected chi connectivity index (χ3v) is 7.50. The number of rotatable bonds is 7. The molecule has 2 aromatic carbocycles. The fourth-order valence-electron chi connectivity index (χ4n) is 5.24. The van der Waals surface area contributed by atoms with E-state index in [2.05, 4.69) is 51.3 Å². The number of benzene rings is 2. The zero-order valence-corrected chi connectivity index (χ0v) is 21.8. The number of ether oxygens (including phenoxy) is 1. The number of hydrogen-bond acceptors (Lipinski definition) is 5. The van der Waals surface area contributed by atoms with Gasteiger partial charge >= 0.3 is 6.18 Å². The highest BCUT2D eigenvalue weighted by atomic mass is 19.4. The summed E-state index contributed by atoms with van der Waals surface area (Å²) in [6.07, 6.45) is 1.92. The molecule has 38 heavy (non-hydrogen) atoms. The van der Waals surface area contributed by atoms with Crippen LogP contribution in [0.3, 0.4) is 0 Å². The van der Waals surface area contributed by atoms with Gasteiger partial charge in [0.2, 0.25) is 0 Å². The molecule has 0 spiro atoms. The van der Waals surface area contributed by atoms with E-state index in [1.54, 1.807) is 12.1 Å². The van der Waals surface area contributed by atoms with Crippen LogP contribution in [0, 0.1) is 6.92 Å². The molecule has 0 bridgehead atoms. The second kappa shape index (κ2) is 11.6. The molecule has 0 amide bonds. The summed E-state index contributed by atoms with van der Waals surface area (Å²) in [5, 5.41) is 3.65. The summed E-state index contributed by atoms with van der Waals surface area (Å²) in [5.41, 5.74) is 2.73. The molecule has 202 valence electrons. The first-order chi connectivity index (χ1) is 18.3. The van der Waals surface area contributed by atoms with Crippen molar-refractivity contribution in [3.05, 3.63) is 83.6 Å². The minimum atomic E-state index is -4.30. The van der Waals surface area contributed by atoms with E-state index in [-0.39, 0.29) is 6.10 Å². The first-order valence-corrected chi connectivity index (χ1v) is 13.4. The number of hydrogen-bond donors (Lipinski definition) is 1. The van der Waals surface area contributed by atoms with Crippen LogP contribution in [0.2, 0.25) is 0 Å². The third-order valence-electron chi connectivity index (χ3n) is 7.50. The van der Waals surface area contributed by atoms with Crippen LogP contribution in [0.15, 0.2) is 66.9 Å². The number of alkyl halides is 3. The van der Waals surface area contributed by atoms with Crippen LogP contribution in [0.25, 0.3) is 0 Å². The van der Waals surface area contributed by atoms with Crippen molar-refractivity contribution in [1.82, 2.24) is 9.88 Å². The number of nitrogens with one attached hydrogen (secondary N) is 1. The molecule has 5 rings (SSSR count). The molecule has 5 nitrogen and oxygen atoms in total. The number of nitrogens with zero attached hydrogens (tertiary/aromatic N) is 3. The molecule has 3 aromatic rings. The van der Waals surface area contributed by atoms with E-state index < -0.39 is 11.7 Å². The van der Waals surface area contributed by atoms with Crippen LogP contribution >= 0.6 is 0 Å². The van der Waals surface area contributed by atoms with Gasteiger partial charge in [0.25, 0.3) is 0 Å². The molecule has 1 aliphatic carbocycles. The molecule has 1 N–H and O–H groups in total. The van der Waals surface area contributed by atoms with Gasteiger partial charge in [0, 0.05) is 56.7 Å². The van der Waals surface area contributed by atoms with Crippen LogP contribution in [0.4, 0.5) is 24.7 Å². The first kappa shape index (κ1) is 26.4. The van der Waals surface area contributed by atoms with E-state index in [1.807, 2.05) is 18.3 Å². The summed E-state index contributed by atoms with van der Waals surface area (Å²) in [6.45, 7) is 6.02. The Morgan fingerprint density at radius 2 is 1.58 bits per heavy atom. The lowest BCUT2D eigenvalue weighted by Crippen LogP contribution is -2.46. The summed E-state index contributed by atoms with van der Waals surface area (Å²) in [6, 6.07) is 18.5. The summed E-state index contributed by atoms with van der Waals surface area (Å²) in [5.74, 6) is 1.77. The van der Waals surface area contributed by atoms with E-state index >= 15 is 0 Å². The molecule has 8 heteroatoms. The molecule has 2 aliphatic rings. The molecule has 0 radical (unpaired) electrons. The van der Waals surface area contributed by atoms with Gasteiger partial charge in [0.15, 0.2) is 0 Å². The molecule has 2 fully saturated rings. The van der Waals surface area contributed by atoms with E-state index in [9.17, 15) is 13.2 Å². The van der Waals surface area contributed by atoms with Gasteiger partial charge < -0.3 is 15.0 Å². The molecular formula is C30H35F3N4O. The highest BCUT2D eigenvalue weighted by Gasteiger charge is 2.30. The van der Waals surface area contributed by atoms with Gasteiger partial charge in [-0.15, -0.1) is 0 Å². The van der Waals surface area contributed by atoms with Crippen molar-refractivity contribution in [2.75, 3.05) is 36.4 Å². The third kappa shape index (κ3) is 6.98. The van der Waals surface area contributed by atoms with Crippen molar-refractivity contribution in [3.8, 4) is 5.75 Å². The molecule has 0 unspecified atom stereocenters. The normalized spacial score (nSPS) is 20.8. The fraction of sp³-hybridized carbons (Fsp3) is 0.433. The highest BCUT2D eigenvalue weighted by molar-refractivity contribution is 5.46. The van der Waals surface area contributed by atoms with Gasteiger partial charge in [-0.05, 0) is 68.5 Å². The Labute approximate surface area is 222 Å². The van der Waals surface area contributed by atoms with Crippen LogP contribution in [0.5, 0.6) is 5.75 Å². The van der Waals surface area contributed by atoms with Crippen molar-refractivity contribution < 1.29 is 17.9 Å². The summed E-state index contributed by atoms with van der Waals surface area (Å²) >= 11 is 0. The van der Waals surface area contributed by atoms with Gasteiger partial charge in [-0.3, -0.25) is 4.90 Å². The quantitative estimate of drug-likeness (QED) is 0.380. The predicted molar refractivity (Wildman–Crippen MR) is 145 cm³/mol. The monoisotopic (exact) mass is 524 g/mol. The molecule has 1 saturated heterocycles. The standard InChI is InChI=1S/C30H35F3N4O/c1-22-2-8-25(9-3-22)35-26-10-12-27(13-11-26)38-28-14-15-34-29(20-28)37-18-16-36(17-19-37)21-23-4-6-24(7-5-23)30(31,32)33/h2-9,14-15,20,26-27,35H,10-13,16-19,21H2,1H3. The van der Waals surface area contributed by atoms with Gasteiger partial charge in [-0.1, -0.05) is 29.8 Å². The molecule has 2 heterocycles. The Hall–Kier alpha value is -3.26. The molecule has 1 aliphatic heterocycles. The zero-order chi connectivity index (χ0) is 26.5. The van der Waals surface area contributed by atoms with E-state index in [0.717, 1.165) is 81.1 Å². The predicted octanol–water partition coefficient (Wildman–Crippen LogP) is 6.53. The van der Waals surface area contributed by atoms with Gasteiger partial charge in [-0.2, -0.15) is 13.2 Å². The maximum absolute atomic E-state index is 12.8. The van der Waals surface area contributed by atoms with E-state index in [1.165, 1.54) is 11.3 Å². The number of halogens is 3. The Balaban J connectivity index is 1.08. The maximum Gasteiger partial charge on any atom is 0.416 e. The molecular weight excluding hydrogens is 489 g/mol. The Morgan fingerprint density at radius 3 is 2.24 bits per heavy atom. The van der Waals surface area contributed by atoms with Crippen LogP contribution < -0.4 is 15.0 Å². The van der Waals surface area contributed by atoms with Crippen LogP contribution in [-0.4, -0.2) is 48.2 Å². The van der Waals surface area contributed by atoms with E-state index in [0.29, 0.717) is 12.6 Å². The van der Waals surface area contributed by atoms with Gasteiger partial charge in [-0.25, -0.2) is 4.98 Å². The molecule has 1 aromatic heterocycles. The van der Waals surface area contributed by atoms with Crippen molar-refractivity contribution in [3.63, 3.8) is 0 Å². The molecule has 0 atom stereocenters. The lowest BCUT2D eigenvalue weighted by Gasteiger charge is -2.35. The summed E-state index contributed by atoms with van der Waals surface area (Å²) in [7, 11) is 0. The molecule has 1 saturated carbocycles. The minimum Gasteiger partial charge on any atom is -0.490 e. The Morgan fingerprint density at radius 1 is 0.895 bits per heavy atom. The highest BCUT2D eigenvalue weighted by Crippen LogP contribution is 2.30. The van der Waals surface area contributed by atoms with Gasteiger partial charge in [0.1, 0.15) is 11.6 Å². The lowest BCUT2D eigenvalue weighted by molar-refractivity contribution is -0.137. The number of pyridine rings is 1. The van der Waals surface area contributed by atoms with Crippen molar-refractivity contribution in [2.24, 2.45) is 0 Å². The Kier molecular flexibility index (Phi) is 8.07. The van der Waals surface area contributed by atoms with Crippen molar-refractivity contribution in [1.29, 1.82) is 0 Å². The second-order valence-electron chi connectivity index (χ2n) is 10.4. The Bertz CT molecular complexity index is 1170. The number of piperazine rings is 1. The number of aromatic nitrogens is 1. The van der Waals surface area contributed by atoms with Crippen LogP contribution in [0.1, 0.15) is 42.4 Å². The minimum absolute atomic E-state index is 0.210. The zero-order valence-electron chi connectivity index (χ0n) is 21.8. The SMILES string of the molecule is Cc1ccc(NC2CCC(Oc3ccnc(N4CCN(Cc5ccc(C(F)(F)F)cc5)CC4)c3)CC2)cc1. The average Bonchev–Trinajstić information content (AvgIpc) is 2.92. The van der Waals surface area contributed by atoms with Crippen molar-refractivity contribution in [2.45, 2.75) is 57.5 Å².